The third-order valence-electron chi connectivity index (χ3n) is 4.36. The van der Waals surface area contributed by atoms with Gasteiger partial charge in [-0.05, 0) is 61.5 Å². The summed E-state index contributed by atoms with van der Waals surface area (Å²) in [7, 11) is -3.51. The number of hydrogen-bond donors (Lipinski definition) is 0. The van der Waals surface area contributed by atoms with E-state index in [1.54, 1.807) is 37.3 Å². The van der Waals surface area contributed by atoms with Gasteiger partial charge in [0.2, 0.25) is 0 Å². The Bertz CT molecular complexity index is 930. The summed E-state index contributed by atoms with van der Waals surface area (Å²) < 4.78 is 30.4. The zero-order chi connectivity index (χ0) is 20.4. The maximum atomic E-state index is 12.5. The molecule has 2 aromatic rings. The quantitative estimate of drug-likeness (QED) is 0.589. The lowest BCUT2D eigenvalue weighted by molar-refractivity contribution is 0.296. The number of nitrogens with zero attached hydrogens (tertiary/aromatic N) is 1. The van der Waals surface area contributed by atoms with E-state index in [2.05, 4.69) is 30.6 Å². The first kappa shape index (κ1) is 21.7. The summed E-state index contributed by atoms with van der Waals surface area (Å²) in [5.74, 6) is 6.13. The summed E-state index contributed by atoms with van der Waals surface area (Å²) in [6.45, 7) is 9.22. The van der Waals surface area contributed by atoms with Crippen molar-refractivity contribution in [3.63, 3.8) is 0 Å². The Morgan fingerprint density at radius 2 is 1.64 bits per heavy atom. The molecule has 0 aromatic heterocycles. The lowest BCUT2D eigenvalue weighted by Crippen LogP contribution is -2.21. The van der Waals surface area contributed by atoms with Gasteiger partial charge >= 0.3 is 0 Å². The molecule has 0 aliphatic carbocycles. The van der Waals surface area contributed by atoms with Crippen molar-refractivity contribution in [2.24, 2.45) is 0 Å². The summed E-state index contributed by atoms with van der Waals surface area (Å²) in [6, 6.07) is 14.3. The standard InChI is InChI=1S/C23H27NO3S/c1-4-7-17-27-22-12-14-23(15-13-22)28(25,26)18-16-20-8-10-21(11-9-20)19-24(5-2)6-3/h8-16,18H,5-6,17,19H2,1-3H3. The fourth-order valence-corrected chi connectivity index (χ4v) is 3.61. The fourth-order valence-electron chi connectivity index (χ4n) is 2.60. The first-order valence-electron chi connectivity index (χ1n) is 9.35. The molecule has 0 atom stereocenters. The van der Waals surface area contributed by atoms with Crippen LogP contribution in [-0.4, -0.2) is 33.0 Å². The molecule has 4 nitrogen and oxygen atoms in total. The first-order chi connectivity index (χ1) is 13.5. The number of sulfone groups is 1. The Balaban J connectivity index is 2.04. The zero-order valence-electron chi connectivity index (χ0n) is 16.7. The van der Waals surface area contributed by atoms with Crippen molar-refractivity contribution < 1.29 is 13.2 Å². The van der Waals surface area contributed by atoms with E-state index in [1.807, 2.05) is 24.3 Å². The molecule has 28 heavy (non-hydrogen) atoms. The highest BCUT2D eigenvalue weighted by Crippen LogP contribution is 2.19. The van der Waals surface area contributed by atoms with E-state index in [9.17, 15) is 8.42 Å². The second-order valence-electron chi connectivity index (χ2n) is 6.24. The largest absolute Gasteiger partial charge is 0.481 e. The molecule has 0 spiro atoms. The average Bonchev–Trinajstić information content (AvgIpc) is 2.72. The molecule has 0 saturated carbocycles. The molecule has 0 N–H and O–H groups in total. The number of benzene rings is 2. The lowest BCUT2D eigenvalue weighted by atomic mass is 10.1. The molecule has 0 amide bonds. The smallest absolute Gasteiger partial charge is 0.199 e. The minimum atomic E-state index is -3.51. The van der Waals surface area contributed by atoms with E-state index < -0.39 is 9.84 Å². The lowest BCUT2D eigenvalue weighted by Gasteiger charge is -2.17. The van der Waals surface area contributed by atoms with Crippen molar-refractivity contribution in [2.45, 2.75) is 32.2 Å². The van der Waals surface area contributed by atoms with Gasteiger partial charge in [0.25, 0.3) is 0 Å². The van der Waals surface area contributed by atoms with Crippen molar-refractivity contribution in [1.82, 2.24) is 4.90 Å². The van der Waals surface area contributed by atoms with Crippen LogP contribution in [0, 0.1) is 11.8 Å². The number of ether oxygens (including phenoxy) is 1. The van der Waals surface area contributed by atoms with E-state index in [0.717, 1.165) is 25.2 Å². The summed E-state index contributed by atoms with van der Waals surface area (Å²) in [5, 5.41) is 1.24. The third-order valence-corrected chi connectivity index (χ3v) is 5.78. The molecule has 0 bridgehead atoms. The maximum Gasteiger partial charge on any atom is 0.199 e. The average molecular weight is 398 g/mol. The highest BCUT2D eigenvalue weighted by atomic mass is 32.2. The number of hydrogen-bond acceptors (Lipinski definition) is 4. The summed E-state index contributed by atoms with van der Waals surface area (Å²) in [4.78, 5) is 2.56. The minimum absolute atomic E-state index is 0.232. The van der Waals surface area contributed by atoms with Gasteiger partial charge in [0.05, 0.1) is 4.90 Å². The van der Waals surface area contributed by atoms with E-state index >= 15 is 0 Å². The van der Waals surface area contributed by atoms with Crippen LogP contribution >= 0.6 is 0 Å². The highest BCUT2D eigenvalue weighted by Gasteiger charge is 2.10. The monoisotopic (exact) mass is 397 g/mol. The molecule has 0 aliphatic rings. The topological polar surface area (TPSA) is 46.6 Å². The van der Waals surface area contributed by atoms with Crippen LogP contribution in [0.1, 0.15) is 31.9 Å². The molecule has 0 saturated heterocycles. The molecular weight excluding hydrogens is 370 g/mol. The Morgan fingerprint density at radius 1 is 1.00 bits per heavy atom. The van der Waals surface area contributed by atoms with Crippen molar-refractivity contribution in [3.8, 4) is 17.6 Å². The third kappa shape index (κ3) is 6.56. The normalized spacial score (nSPS) is 11.4. The van der Waals surface area contributed by atoms with Crippen LogP contribution in [0.4, 0.5) is 0 Å². The predicted octanol–water partition coefficient (Wildman–Crippen LogP) is 4.38. The van der Waals surface area contributed by atoms with E-state index in [1.165, 1.54) is 11.0 Å². The Labute approximate surface area is 168 Å². The summed E-state index contributed by atoms with van der Waals surface area (Å²) in [6.07, 6.45) is 1.62. The van der Waals surface area contributed by atoms with Crippen molar-refractivity contribution in [3.05, 3.63) is 65.1 Å². The van der Waals surface area contributed by atoms with Gasteiger partial charge in [0.1, 0.15) is 12.4 Å². The highest BCUT2D eigenvalue weighted by molar-refractivity contribution is 7.94. The van der Waals surface area contributed by atoms with Gasteiger partial charge in [-0.2, -0.15) is 0 Å². The predicted molar refractivity (Wildman–Crippen MR) is 115 cm³/mol. The van der Waals surface area contributed by atoms with Gasteiger partial charge in [-0.25, -0.2) is 8.42 Å². The van der Waals surface area contributed by atoms with E-state index in [4.69, 9.17) is 4.74 Å². The molecule has 0 heterocycles. The van der Waals surface area contributed by atoms with E-state index in [-0.39, 0.29) is 11.5 Å². The van der Waals surface area contributed by atoms with Crippen molar-refractivity contribution in [2.75, 3.05) is 19.7 Å². The molecule has 0 fully saturated rings. The van der Waals surface area contributed by atoms with Crippen molar-refractivity contribution >= 4 is 15.9 Å². The van der Waals surface area contributed by atoms with Crippen LogP contribution in [0.2, 0.25) is 0 Å². The second-order valence-corrected chi connectivity index (χ2v) is 8.07. The second kappa shape index (κ2) is 10.7. The SMILES string of the molecule is CC#CCOc1ccc(S(=O)(=O)C=Cc2ccc(CN(CC)CC)cc2)cc1. The van der Waals surface area contributed by atoms with Gasteiger partial charge in [0.15, 0.2) is 9.84 Å². The Morgan fingerprint density at radius 3 is 2.21 bits per heavy atom. The molecule has 2 rings (SSSR count). The van der Waals surface area contributed by atoms with Gasteiger partial charge in [-0.3, -0.25) is 4.90 Å². The van der Waals surface area contributed by atoms with Crippen LogP contribution in [0.5, 0.6) is 5.75 Å². The zero-order valence-corrected chi connectivity index (χ0v) is 17.5. The molecule has 148 valence electrons. The Hall–Kier alpha value is -2.55. The van der Waals surface area contributed by atoms with Crippen LogP contribution in [0.3, 0.4) is 0 Å². The van der Waals surface area contributed by atoms with E-state index in [0.29, 0.717) is 5.75 Å². The molecule has 0 radical (unpaired) electrons. The molecule has 0 unspecified atom stereocenters. The van der Waals surface area contributed by atoms with Crippen LogP contribution in [-0.2, 0) is 16.4 Å². The van der Waals surface area contributed by atoms with Crippen LogP contribution in [0.15, 0.2) is 58.8 Å². The van der Waals surface area contributed by atoms with Gasteiger partial charge in [-0.1, -0.05) is 44.0 Å². The summed E-state index contributed by atoms with van der Waals surface area (Å²) in [5.41, 5.74) is 2.07. The van der Waals surface area contributed by atoms with Gasteiger partial charge < -0.3 is 4.74 Å². The Kier molecular flexibility index (Phi) is 8.31. The molecular formula is C23H27NO3S. The molecule has 5 heteroatoms. The van der Waals surface area contributed by atoms with Gasteiger partial charge in [-0.15, -0.1) is 5.92 Å². The van der Waals surface area contributed by atoms with Crippen LogP contribution in [0.25, 0.3) is 6.08 Å². The number of rotatable bonds is 9. The van der Waals surface area contributed by atoms with Crippen molar-refractivity contribution in [1.29, 1.82) is 0 Å². The van der Waals surface area contributed by atoms with Gasteiger partial charge in [0, 0.05) is 12.0 Å². The van der Waals surface area contributed by atoms with Crippen LogP contribution < -0.4 is 4.74 Å². The molecule has 2 aromatic carbocycles. The molecule has 0 aliphatic heterocycles. The summed E-state index contributed by atoms with van der Waals surface area (Å²) >= 11 is 0. The first-order valence-corrected chi connectivity index (χ1v) is 10.9. The minimum Gasteiger partial charge on any atom is -0.481 e. The fraction of sp³-hybridized carbons (Fsp3) is 0.304. The maximum absolute atomic E-state index is 12.5.